The molecule has 1 saturated heterocycles. The predicted octanol–water partition coefficient (Wildman–Crippen LogP) is 3.09. The van der Waals surface area contributed by atoms with Crippen LogP contribution in [0, 0.1) is 5.92 Å². The van der Waals surface area contributed by atoms with E-state index in [4.69, 9.17) is 4.74 Å². The standard InChI is InChI=1S/C25H27N5O4S.ClH/c1-30-21-13-27-19-5-4-16(8-18(19)22(21)25(24(30)31)6-3-7-25)17-9-20(29-35(2,32)33)23(28-12-17)34-14-15-10-26-11-15;/h4-5,8-9,12-13,15,26,29H,3,6-7,10-11,14H2,1-2H3;1H. The van der Waals surface area contributed by atoms with Gasteiger partial charge in [0.1, 0.15) is 5.69 Å². The smallest absolute Gasteiger partial charge is 0.238 e. The first kappa shape index (κ1) is 24.7. The van der Waals surface area contributed by atoms with Crippen molar-refractivity contribution in [2.24, 2.45) is 5.92 Å². The first-order valence-electron chi connectivity index (χ1n) is 11.8. The van der Waals surface area contributed by atoms with E-state index in [0.717, 1.165) is 71.9 Å². The molecule has 6 rings (SSSR count). The summed E-state index contributed by atoms with van der Waals surface area (Å²) >= 11 is 0. The van der Waals surface area contributed by atoms with E-state index in [1.807, 2.05) is 25.2 Å². The number of pyridine rings is 2. The average molecular weight is 530 g/mol. The Kier molecular flexibility index (Phi) is 6.09. The summed E-state index contributed by atoms with van der Waals surface area (Å²) in [5.41, 5.74) is 4.21. The van der Waals surface area contributed by atoms with Crippen LogP contribution in [0.4, 0.5) is 11.4 Å². The van der Waals surface area contributed by atoms with Gasteiger partial charge in [-0.15, -0.1) is 12.4 Å². The average Bonchev–Trinajstić information content (AvgIpc) is 3.00. The van der Waals surface area contributed by atoms with Crippen molar-refractivity contribution in [2.75, 3.05) is 42.6 Å². The zero-order valence-electron chi connectivity index (χ0n) is 20.1. The Bertz CT molecular complexity index is 1470. The fourth-order valence-corrected chi connectivity index (χ4v) is 5.86. The third-order valence-corrected chi connectivity index (χ3v) is 8.00. The maximum Gasteiger partial charge on any atom is 0.238 e. The molecule has 1 aliphatic carbocycles. The van der Waals surface area contributed by atoms with Crippen LogP contribution in [0.15, 0.2) is 36.7 Å². The summed E-state index contributed by atoms with van der Waals surface area (Å²) in [5, 5.41) is 4.14. The molecule has 9 nitrogen and oxygen atoms in total. The van der Waals surface area contributed by atoms with Crippen molar-refractivity contribution in [1.82, 2.24) is 15.3 Å². The molecule has 1 amide bonds. The molecule has 0 atom stereocenters. The second kappa shape index (κ2) is 8.86. The van der Waals surface area contributed by atoms with Crippen LogP contribution >= 0.6 is 12.4 Å². The number of nitrogens with zero attached hydrogens (tertiary/aromatic N) is 3. The molecule has 190 valence electrons. The molecule has 0 unspecified atom stereocenters. The number of ether oxygens (including phenoxy) is 1. The van der Waals surface area contributed by atoms with Crippen molar-refractivity contribution < 1.29 is 17.9 Å². The fraction of sp³-hybridized carbons (Fsp3) is 0.400. The van der Waals surface area contributed by atoms with E-state index in [2.05, 4.69) is 20.0 Å². The quantitative estimate of drug-likeness (QED) is 0.504. The Morgan fingerprint density at radius 3 is 2.58 bits per heavy atom. The molecule has 0 bridgehead atoms. The van der Waals surface area contributed by atoms with Gasteiger partial charge >= 0.3 is 0 Å². The monoisotopic (exact) mass is 529 g/mol. The molecule has 1 saturated carbocycles. The number of hydrogen-bond acceptors (Lipinski definition) is 7. The topological polar surface area (TPSA) is 114 Å². The fourth-order valence-electron chi connectivity index (χ4n) is 5.31. The second-order valence-corrected chi connectivity index (χ2v) is 11.6. The largest absolute Gasteiger partial charge is 0.476 e. The van der Waals surface area contributed by atoms with Gasteiger partial charge in [0.05, 0.1) is 35.7 Å². The van der Waals surface area contributed by atoms with Gasteiger partial charge in [0.25, 0.3) is 0 Å². The third kappa shape index (κ3) is 3.97. The van der Waals surface area contributed by atoms with Crippen LogP contribution in [0.5, 0.6) is 5.88 Å². The highest BCUT2D eigenvalue weighted by atomic mass is 35.5. The minimum Gasteiger partial charge on any atom is -0.476 e. The summed E-state index contributed by atoms with van der Waals surface area (Å²) in [4.78, 5) is 23.9. The SMILES string of the molecule is CN1C(=O)C2(CCC2)c2c1cnc1ccc(-c3cnc(OCC4CNC4)c(NS(C)(=O)=O)c3)cc21.Cl. The molecule has 2 aromatic heterocycles. The van der Waals surface area contributed by atoms with Crippen molar-refractivity contribution in [3.05, 3.63) is 42.2 Å². The van der Waals surface area contributed by atoms with Gasteiger partial charge in [-0.25, -0.2) is 13.4 Å². The zero-order chi connectivity index (χ0) is 24.4. The summed E-state index contributed by atoms with van der Waals surface area (Å²) in [7, 11) is -1.71. The van der Waals surface area contributed by atoms with Crippen molar-refractivity contribution >= 4 is 50.6 Å². The second-order valence-electron chi connectivity index (χ2n) is 9.84. The van der Waals surface area contributed by atoms with Gasteiger partial charge < -0.3 is 15.0 Å². The number of benzene rings is 1. The van der Waals surface area contributed by atoms with Gasteiger partial charge in [0.15, 0.2) is 0 Å². The van der Waals surface area contributed by atoms with Gasteiger partial charge in [-0.2, -0.15) is 0 Å². The number of halogens is 1. The van der Waals surface area contributed by atoms with Gasteiger partial charge in [0, 0.05) is 48.8 Å². The number of anilines is 2. The molecule has 2 fully saturated rings. The molecule has 11 heteroatoms. The molecule has 1 aromatic carbocycles. The Labute approximate surface area is 216 Å². The van der Waals surface area contributed by atoms with Gasteiger partial charge in [-0.1, -0.05) is 12.5 Å². The molecule has 36 heavy (non-hydrogen) atoms. The van der Waals surface area contributed by atoms with Crippen LogP contribution in [0.25, 0.3) is 22.0 Å². The van der Waals surface area contributed by atoms with Crippen molar-refractivity contribution in [3.63, 3.8) is 0 Å². The Morgan fingerprint density at radius 2 is 1.94 bits per heavy atom. The first-order valence-corrected chi connectivity index (χ1v) is 13.7. The lowest BCUT2D eigenvalue weighted by Crippen LogP contribution is -2.45. The minimum absolute atomic E-state index is 0. The van der Waals surface area contributed by atoms with Crippen LogP contribution < -0.4 is 19.7 Å². The third-order valence-electron chi connectivity index (χ3n) is 7.41. The normalized spacial score (nSPS) is 18.4. The number of fused-ring (bicyclic) bond motifs is 4. The van der Waals surface area contributed by atoms with Crippen molar-refractivity contribution in [2.45, 2.75) is 24.7 Å². The summed E-state index contributed by atoms with van der Waals surface area (Å²) in [6.45, 7) is 2.22. The van der Waals surface area contributed by atoms with Gasteiger partial charge in [-0.05, 0) is 36.6 Å². The van der Waals surface area contributed by atoms with Crippen LogP contribution in [0.1, 0.15) is 24.8 Å². The van der Waals surface area contributed by atoms with E-state index >= 15 is 0 Å². The molecule has 4 heterocycles. The summed E-state index contributed by atoms with van der Waals surface area (Å²) in [5.74, 6) is 0.787. The summed E-state index contributed by atoms with van der Waals surface area (Å²) < 4.78 is 32.5. The zero-order valence-corrected chi connectivity index (χ0v) is 21.7. The van der Waals surface area contributed by atoms with E-state index in [1.54, 1.807) is 23.4 Å². The maximum absolute atomic E-state index is 13.1. The number of carbonyl (C=O) groups excluding carboxylic acids is 1. The van der Waals surface area contributed by atoms with Crippen LogP contribution in [0.3, 0.4) is 0 Å². The van der Waals surface area contributed by atoms with E-state index in [9.17, 15) is 13.2 Å². The summed E-state index contributed by atoms with van der Waals surface area (Å²) in [6, 6.07) is 7.67. The molecule has 3 aromatic rings. The molecule has 3 aliphatic rings. The molecular formula is C25H28ClN5O4S. The number of nitrogens with one attached hydrogen (secondary N) is 2. The van der Waals surface area contributed by atoms with Gasteiger partial charge in [0.2, 0.25) is 21.8 Å². The Hall–Kier alpha value is -2.95. The predicted molar refractivity (Wildman–Crippen MR) is 141 cm³/mol. The highest BCUT2D eigenvalue weighted by Gasteiger charge is 2.54. The van der Waals surface area contributed by atoms with Crippen LogP contribution in [-0.2, 0) is 20.2 Å². The number of rotatable bonds is 6. The van der Waals surface area contributed by atoms with E-state index in [0.29, 0.717) is 18.2 Å². The van der Waals surface area contributed by atoms with Crippen LogP contribution in [0.2, 0.25) is 0 Å². The highest BCUT2D eigenvalue weighted by Crippen LogP contribution is 2.55. The molecule has 2 N–H and O–H groups in total. The number of amides is 1. The number of likely N-dealkylation sites (N-methyl/N-ethyl adjacent to an activating group) is 1. The van der Waals surface area contributed by atoms with Gasteiger partial charge in [-0.3, -0.25) is 14.5 Å². The lowest BCUT2D eigenvalue weighted by molar-refractivity contribution is -0.125. The number of sulfonamides is 1. The van der Waals surface area contributed by atoms with Crippen molar-refractivity contribution in [3.8, 4) is 17.0 Å². The molecular weight excluding hydrogens is 502 g/mol. The Morgan fingerprint density at radius 1 is 1.17 bits per heavy atom. The lowest BCUT2D eigenvalue weighted by atomic mass is 9.64. The summed E-state index contributed by atoms with van der Waals surface area (Å²) in [6.07, 6.45) is 7.32. The minimum atomic E-state index is -3.53. The first-order chi connectivity index (χ1) is 16.7. The molecule has 2 aliphatic heterocycles. The van der Waals surface area contributed by atoms with E-state index in [-0.39, 0.29) is 24.2 Å². The maximum atomic E-state index is 13.1. The van der Waals surface area contributed by atoms with E-state index in [1.165, 1.54) is 0 Å². The lowest BCUT2D eigenvalue weighted by Gasteiger charge is -2.37. The molecule has 1 spiro atoms. The Balaban J connectivity index is 0.00000267. The van der Waals surface area contributed by atoms with E-state index < -0.39 is 15.4 Å². The van der Waals surface area contributed by atoms with Crippen molar-refractivity contribution in [1.29, 1.82) is 0 Å². The highest BCUT2D eigenvalue weighted by molar-refractivity contribution is 7.92. The molecule has 0 radical (unpaired) electrons. The number of aromatic nitrogens is 2. The number of hydrogen-bond donors (Lipinski definition) is 2. The number of carbonyl (C=O) groups is 1. The van der Waals surface area contributed by atoms with Crippen LogP contribution in [-0.4, -0.2) is 57.3 Å².